The summed E-state index contributed by atoms with van der Waals surface area (Å²) in [5.41, 5.74) is 3.86. The number of aromatic nitrogens is 1. The van der Waals surface area contributed by atoms with Gasteiger partial charge in [0.25, 0.3) is 0 Å². The molecule has 1 atom stereocenters. The van der Waals surface area contributed by atoms with Crippen LogP contribution in [0.1, 0.15) is 21.5 Å². The van der Waals surface area contributed by atoms with E-state index in [0.717, 1.165) is 10.9 Å². The third-order valence-corrected chi connectivity index (χ3v) is 3.90. The average Bonchev–Trinajstić information content (AvgIpc) is 2.29. The number of hydrogen-bond acceptors (Lipinski definition) is 1. The van der Waals surface area contributed by atoms with Crippen molar-refractivity contribution in [2.24, 2.45) is 0 Å². The molecule has 2 aromatic rings. The average molecular weight is 355 g/mol. The summed E-state index contributed by atoms with van der Waals surface area (Å²) in [6.45, 7) is 2.11. The van der Waals surface area contributed by atoms with Gasteiger partial charge in [0.15, 0.2) is 0 Å². The van der Waals surface area contributed by atoms with Crippen LogP contribution in [0.5, 0.6) is 0 Å². The van der Waals surface area contributed by atoms with Crippen LogP contribution in [0, 0.1) is 6.92 Å². The van der Waals surface area contributed by atoms with Crippen LogP contribution >= 0.6 is 31.9 Å². The molecule has 0 fully saturated rings. The molecular formula is C14H13Br2N. The van der Waals surface area contributed by atoms with Gasteiger partial charge in [0.05, 0.1) is 0 Å². The largest absolute Gasteiger partial charge is 0.265 e. The Hall–Kier alpha value is -0.670. The zero-order chi connectivity index (χ0) is 12.3. The van der Waals surface area contributed by atoms with Gasteiger partial charge in [-0.3, -0.25) is 4.98 Å². The second-order valence-electron chi connectivity index (χ2n) is 4.09. The highest BCUT2D eigenvalue weighted by Crippen LogP contribution is 2.29. The standard InChI is InChI=1S/C14H13Br2N/c1-10-6-12(9-13(15)7-10)14(16)8-11-2-4-17-5-3-11/h2-7,9,14H,8H2,1H3. The molecule has 0 aliphatic carbocycles. The lowest BCUT2D eigenvalue weighted by molar-refractivity contribution is 0.941. The third-order valence-electron chi connectivity index (χ3n) is 2.59. The van der Waals surface area contributed by atoms with Crippen LogP contribution < -0.4 is 0 Å². The molecule has 0 amide bonds. The normalized spacial score (nSPS) is 12.4. The molecule has 2 rings (SSSR count). The molecule has 1 heterocycles. The Morgan fingerprint density at radius 3 is 2.53 bits per heavy atom. The molecule has 88 valence electrons. The highest BCUT2D eigenvalue weighted by atomic mass is 79.9. The predicted molar refractivity (Wildman–Crippen MR) is 78.5 cm³/mol. The Balaban J connectivity index is 2.17. The Morgan fingerprint density at radius 1 is 1.18 bits per heavy atom. The fourth-order valence-electron chi connectivity index (χ4n) is 1.79. The van der Waals surface area contributed by atoms with Gasteiger partial charge in [-0.15, -0.1) is 0 Å². The van der Waals surface area contributed by atoms with E-state index in [4.69, 9.17) is 0 Å². The maximum Gasteiger partial charge on any atom is 0.0436 e. The van der Waals surface area contributed by atoms with Crippen molar-refractivity contribution in [2.75, 3.05) is 0 Å². The van der Waals surface area contributed by atoms with Crippen molar-refractivity contribution in [2.45, 2.75) is 18.2 Å². The molecule has 3 heteroatoms. The molecule has 0 radical (unpaired) electrons. The number of halogens is 2. The fourth-order valence-corrected chi connectivity index (χ4v) is 3.05. The zero-order valence-corrected chi connectivity index (χ0v) is 12.7. The van der Waals surface area contributed by atoms with Crippen LogP contribution in [0.3, 0.4) is 0 Å². The number of pyridine rings is 1. The molecule has 1 nitrogen and oxygen atoms in total. The van der Waals surface area contributed by atoms with Crippen LogP contribution in [-0.2, 0) is 6.42 Å². The molecule has 0 saturated carbocycles. The summed E-state index contributed by atoms with van der Waals surface area (Å²) in [7, 11) is 0. The smallest absolute Gasteiger partial charge is 0.0436 e. The highest BCUT2D eigenvalue weighted by Gasteiger charge is 2.09. The summed E-state index contributed by atoms with van der Waals surface area (Å²) in [6, 6.07) is 10.6. The van der Waals surface area contributed by atoms with E-state index >= 15 is 0 Å². The highest BCUT2D eigenvalue weighted by molar-refractivity contribution is 9.10. The Kier molecular flexibility index (Phi) is 4.35. The van der Waals surface area contributed by atoms with Crippen LogP contribution in [0.15, 0.2) is 47.2 Å². The number of alkyl halides is 1. The molecule has 0 aliphatic rings. The summed E-state index contributed by atoms with van der Waals surface area (Å²) in [6.07, 6.45) is 4.64. The topological polar surface area (TPSA) is 12.9 Å². The fraction of sp³-hybridized carbons (Fsp3) is 0.214. The van der Waals surface area contributed by atoms with Gasteiger partial charge in [-0.05, 0) is 54.3 Å². The lowest BCUT2D eigenvalue weighted by atomic mass is 10.0. The first kappa shape index (κ1) is 12.8. The first-order valence-corrected chi connectivity index (χ1v) is 7.16. The van der Waals surface area contributed by atoms with Gasteiger partial charge in [0.2, 0.25) is 0 Å². The zero-order valence-electron chi connectivity index (χ0n) is 9.53. The molecule has 1 unspecified atom stereocenters. The maximum atomic E-state index is 4.03. The first-order chi connectivity index (χ1) is 8.15. The Bertz CT molecular complexity index is 477. The molecule has 0 N–H and O–H groups in total. The van der Waals surface area contributed by atoms with E-state index < -0.39 is 0 Å². The van der Waals surface area contributed by atoms with Crippen LogP contribution in [0.25, 0.3) is 0 Å². The van der Waals surface area contributed by atoms with Crippen molar-refractivity contribution in [3.63, 3.8) is 0 Å². The number of nitrogens with zero attached hydrogens (tertiary/aromatic N) is 1. The summed E-state index contributed by atoms with van der Waals surface area (Å²) in [4.78, 5) is 4.37. The van der Waals surface area contributed by atoms with E-state index in [2.05, 4.69) is 74.1 Å². The van der Waals surface area contributed by atoms with E-state index in [9.17, 15) is 0 Å². The van der Waals surface area contributed by atoms with Gasteiger partial charge in [-0.1, -0.05) is 37.9 Å². The van der Waals surface area contributed by atoms with Crippen LogP contribution in [0.4, 0.5) is 0 Å². The van der Waals surface area contributed by atoms with Gasteiger partial charge in [0.1, 0.15) is 0 Å². The molecule has 1 aromatic heterocycles. The minimum Gasteiger partial charge on any atom is -0.265 e. The second kappa shape index (κ2) is 5.78. The van der Waals surface area contributed by atoms with Crippen molar-refractivity contribution >= 4 is 31.9 Å². The van der Waals surface area contributed by atoms with Gasteiger partial charge < -0.3 is 0 Å². The second-order valence-corrected chi connectivity index (χ2v) is 6.11. The summed E-state index contributed by atoms with van der Waals surface area (Å²) in [5, 5.41) is 0. The van der Waals surface area contributed by atoms with Crippen molar-refractivity contribution < 1.29 is 0 Å². The van der Waals surface area contributed by atoms with Crippen LogP contribution in [-0.4, -0.2) is 4.98 Å². The minimum atomic E-state index is 0.334. The van der Waals surface area contributed by atoms with Gasteiger partial charge in [-0.2, -0.15) is 0 Å². The van der Waals surface area contributed by atoms with E-state index in [1.807, 2.05) is 12.4 Å². The van der Waals surface area contributed by atoms with E-state index in [0.29, 0.717) is 4.83 Å². The van der Waals surface area contributed by atoms with Crippen molar-refractivity contribution in [3.8, 4) is 0 Å². The van der Waals surface area contributed by atoms with Crippen molar-refractivity contribution in [3.05, 3.63) is 63.9 Å². The number of hydrogen-bond donors (Lipinski definition) is 0. The first-order valence-electron chi connectivity index (χ1n) is 5.45. The monoisotopic (exact) mass is 353 g/mol. The molecule has 0 aliphatic heterocycles. The van der Waals surface area contributed by atoms with E-state index in [1.54, 1.807) is 0 Å². The Morgan fingerprint density at radius 2 is 1.88 bits per heavy atom. The molecule has 0 bridgehead atoms. The van der Waals surface area contributed by atoms with E-state index in [1.165, 1.54) is 16.7 Å². The predicted octanol–water partition coefficient (Wildman–Crippen LogP) is 4.83. The molecule has 17 heavy (non-hydrogen) atoms. The molecule has 0 spiro atoms. The van der Waals surface area contributed by atoms with Crippen molar-refractivity contribution in [1.29, 1.82) is 0 Å². The summed E-state index contributed by atoms with van der Waals surface area (Å²) >= 11 is 7.29. The Labute approximate surface area is 119 Å². The molecule has 0 saturated heterocycles. The maximum absolute atomic E-state index is 4.03. The SMILES string of the molecule is Cc1cc(Br)cc(C(Br)Cc2ccncc2)c1. The summed E-state index contributed by atoms with van der Waals surface area (Å²) < 4.78 is 1.13. The minimum absolute atomic E-state index is 0.334. The lowest BCUT2D eigenvalue weighted by Gasteiger charge is -2.11. The number of rotatable bonds is 3. The lowest BCUT2D eigenvalue weighted by Crippen LogP contribution is -1.96. The number of aryl methyl sites for hydroxylation is 1. The van der Waals surface area contributed by atoms with Gasteiger partial charge >= 0.3 is 0 Å². The quantitative estimate of drug-likeness (QED) is 0.719. The van der Waals surface area contributed by atoms with Gasteiger partial charge in [0, 0.05) is 21.7 Å². The van der Waals surface area contributed by atoms with Crippen LogP contribution in [0.2, 0.25) is 0 Å². The molecular weight excluding hydrogens is 342 g/mol. The molecule has 1 aromatic carbocycles. The number of benzene rings is 1. The third kappa shape index (κ3) is 3.65. The van der Waals surface area contributed by atoms with Gasteiger partial charge in [-0.25, -0.2) is 0 Å². The van der Waals surface area contributed by atoms with Crippen molar-refractivity contribution in [1.82, 2.24) is 4.98 Å². The van der Waals surface area contributed by atoms with E-state index in [-0.39, 0.29) is 0 Å². The summed E-state index contributed by atoms with van der Waals surface area (Å²) in [5.74, 6) is 0.